The van der Waals surface area contributed by atoms with Crippen molar-refractivity contribution in [2.45, 2.75) is 39.3 Å². The van der Waals surface area contributed by atoms with Gasteiger partial charge in [-0.25, -0.2) is 4.98 Å². The van der Waals surface area contributed by atoms with Gasteiger partial charge >= 0.3 is 0 Å². The number of aryl methyl sites for hydroxylation is 1. The second kappa shape index (κ2) is 7.45. The van der Waals surface area contributed by atoms with Crippen LogP contribution in [0.1, 0.15) is 32.5 Å². The zero-order valence-electron chi connectivity index (χ0n) is 11.6. The van der Waals surface area contributed by atoms with E-state index in [4.69, 9.17) is 0 Å². The van der Waals surface area contributed by atoms with Crippen molar-refractivity contribution in [3.05, 3.63) is 18.2 Å². The van der Waals surface area contributed by atoms with Crippen LogP contribution in [0.15, 0.2) is 12.4 Å². The van der Waals surface area contributed by atoms with Gasteiger partial charge < -0.3 is 9.88 Å². The van der Waals surface area contributed by atoms with E-state index in [0.29, 0.717) is 6.04 Å². The zero-order valence-corrected chi connectivity index (χ0v) is 11.6. The van der Waals surface area contributed by atoms with Crippen LogP contribution in [0.3, 0.4) is 0 Å². The summed E-state index contributed by atoms with van der Waals surface area (Å²) >= 11 is 0. The Morgan fingerprint density at radius 1 is 1.47 bits per heavy atom. The fraction of sp³-hybridized carbons (Fsp3) is 0.769. The number of hydrogen-bond acceptors (Lipinski definition) is 3. The molecular weight excluding hydrogens is 212 g/mol. The molecule has 0 saturated heterocycles. The molecule has 0 aliphatic rings. The highest BCUT2D eigenvalue weighted by Crippen LogP contribution is 2.08. The van der Waals surface area contributed by atoms with Crippen LogP contribution in [0, 0.1) is 0 Å². The van der Waals surface area contributed by atoms with E-state index in [1.165, 1.54) is 12.8 Å². The molecule has 0 radical (unpaired) electrons. The van der Waals surface area contributed by atoms with E-state index in [0.717, 1.165) is 25.5 Å². The standard InChI is InChI=1S/C13H26N4/c1-5-7-12(10-14-6-2)17(4)11-13-15-8-9-16(13)3/h8-9,12,14H,5-7,10-11H2,1-4H3. The average Bonchev–Trinajstić information content (AvgIpc) is 2.70. The van der Waals surface area contributed by atoms with Crippen LogP contribution in [0.4, 0.5) is 0 Å². The van der Waals surface area contributed by atoms with Crippen LogP contribution in [0.2, 0.25) is 0 Å². The summed E-state index contributed by atoms with van der Waals surface area (Å²) in [5, 5.41) is 3.44. The number of imidazole rings is 1. The van der Waals surface area contributed by atoms with Crippen molar-refractivity contribution in [3.8, 4) is 0 Å². The summed E-state index contributed by atoms with van der Waals surface area (Å²) in [5.41, 5.74) is 0. The van der Waals surface area contributed by atoms with E-state index in [2.05, 4.69) is 47.7 Å². The number of nitrogens with one attached hydrogen (secondary N) is 1. The van der Waals surface area contributed by atoms with Gasteiger partial charge in [-0.1, -0.05) is 20.3 Å². The van der Waals surface area contributed by atoms with Crippen LogP contribution in [0.5, 0.6) is 0 Å². The first-order valence-corrected chi connectivity index (χ1v) is 6.56. The predicted molar refractivity (Wildman–Crippen MR) is 71.9 cm³/mol. The first kappa shape index (κ1) is 14.2. The summed E-state index contributed by atoms with van der Waals surface area (Å²) in [6, 6.07) is 0.594. The minimum atomic E-state index is 0.594. The number of aromatic nitrogens is 2. The zero-order chi connectivity index (χ0) is 12.7. The molecule has 1 N–H and O–H groups in total. The van der Waals surface area contributed by atoms with Gasteiger partial charge in [0.1, 0.15) is 5.82 Å². The van der Waals surface area contributed by atoms with E-state index in [9.17, 15) is 0 Å². The molecule has 0 saturated carbocycles. The summed E-state index contributed by atoms with van der Waals surface area (Å²) < 4.78 is 2.09. The number of rotatable bonds is 8. The third-order valence-corrected chi connectivity index (χ3v) is 3.19. The van der Waals surface area contributed by atoms with Gasteiger partial charge in [0.05, 0.1) is 6.54 Å². The van der Waals surface area contributed by atoms with Crippen molar-refractivity contribution in [3.63, 3.8) is 0 Å². The van der Waals surface area contributed by atoms with Crippen molar-refractivity contribution < 1.29 is 0 Å². The fourth-order valence-corrected chi connectivity index (χ4v) is 2.02. The number of likely N-dealkylation sites (N-methyl/N-ethyl adjacent to an activating group) is 2. The Kier molecular flexibility index (Phi) is 6.22. The number of nitrogens with zero attached hydrogens (tertiary/aromatic N) is 3. The first-order valence-electron chi connectivity index (χ1n) is 6.56. The van der Waals surface area contributed by atoms with Crippen LogP contribution < -0.4 is 5.32 Å². The summed E-state index contributed by atoms with van der Waals surface area (Å²) in [6.45, 7) is 7.41. The van der Waals surface area contributed by atoms with Gasteiger partial charge in [-0.2, -0.15) is 0 Å². The molecule has 4 nitrogen and oxygen atoms in total. The molecule has 17 heavy (non-hydrogen) atoms. The van der Waals surface area contributed by atoms with Gasteiger partial charge in [0.25, 0.3) is 0 Å². The van der Waals surface area contributed by atoms with Crippen molar-refractivity contribution in [1.82, 2.24) is 19.8 Å². The van der Waals surface area contributed by atoms with Crippen LogP contribution in [-0.2, 0) is 13.6 Å². The SMILES string of the molecule is CCCC(CNCC)N(C)Cc1nccn1C. The molecule has 0 bridgehead atoms. The molecule has 1 aromatic rings. The second-order valence-corrected chi connectivity index (χ2v) is 4.62. The van der Waals surface area contributed by atoms with E-state index in [-0.39, 0.29) is 0 Å². The maximum absolute atomic E-state index is 4.38. The van der Waals surface area contributed by atoms with Crippen LogP contribution in [-0.4, -0.2) is 40.6 Å². The number of hydrogen-bond donors (Lipinski definition) is 1. The molecule has 1 aromatic heterocycles. The van der Waals surface area contributed by atoms with Gasteiger partial charge in [0, 0.05) is 32.0 Å². The van der Waals surface area contributed by atoms with Crippen molar-refractivity contribution in [2.24, 2.45) is 7.05 Å². The molecule has 1 heterocycles. The smallest absolute Gasteiger partial charge is 0.122 e. The van der Waals surface area contributed by atoms with E-state index < -0.39 is 0 Å². The molecule has 0 aliphatic carbocycles. The average molecular weight is 238 g/mol. The highest BCUT2D eigenvalue weighted by atomic mass is 15.2. The highest BCUT2D eigenvalue weighted by molar-refractivity contribution is 4.91. The molecule has 0 spiro atoms. The summed E-state index contributed by atoms with van der Waals surface area (Å²) in [5.74, 6) is 1.13. The monoisotopic (exact) mass is 238 g/mol. The third-order valence-electron chi connectivity index (χ3n) is 3.19. The lowest BCUT2D eigenvalue weighted by Crippen LogP contribution is -2.40. The molecule has 1 rings (SSSR count). The third kappa shape index (κ3) is 4.48. The second-order valence-electron chi connectivity index (χ2n) is 4.62. The molecule has 4 heteroatoms. The molecule has 0 amide bonds. The Morgan fingerprint density at radius 3 is 2.76 bits per heavy atom. The molecule has 1 atom stereocenters. The van der Waals surface area contributed by atoms with Crippen LogP contribution >= 0.6 is 0 Å². The van der Waals surface area contributed by atoms with E-state index >= 15 is 0 Å². The Balaban J connectivity index is 2.52. The Labute approximate surface area is 105 Å². The van der Waals surface area contributed by atoms with Crippen LogP contribution in [0.25, 0.3) is 0 Å². The van der Waals surface area contributed by atoms with Gasteiger partial charge in [0.2, 0.25) is 0 Å². The van der Waals surface area contributed by atoms with Gasteiger partial charge in [0.15, 0.2) is 0 Å². The molecule has 0 aliphatic heterocycles. The van der Waals surface area contributed by atoms with Crippen molar-refractivity contribution >= 4 is 0 Å². The van der Waals surface area contributed by atoms with Gasteiger partial charge in [-0.15, -0.1) is 0 Å². The quantitative estimate of drug-likeness (QED) is 0.747. The topological polar surface area (TPSA) is 33.1 Å². The maximum atomic E-state index is 4.38. The molecule has 1 unspecified atom stereocenters. The van der Waals surface area contributed by atoms with E-state index in [1.807, 2.05) is 12.4 Å². The molecular formula is C13H26N4. The summed E-state index contributed by atoms with van der Waals surface area (Å²) in [6.07, 6.45) is 6.32. The molecule has 0 fully saturated rings. The Bertz CT molecular complexity index is 308. The fourth-order valence-electron chi connectivity index (χ4n) is 2.02. The Hall–Kier alpha value is -0.870. The normalized spacial score (nSPS) is 13.2. The lowest BCUT2D eigenvalue weighted by atomic mass is 10.1. The largest absolute Gasteiger partial charge is 0.337 e. The maximum Gasteiger partial charge on any atom is 0.122 e. The van der Waals surface area contributed by atoms with Gasteiger partial charge in [-0.3, -0.25) is 4.90 Å². The highest BCUT2D eigenvalue weighted by Gasteiger charge is 2.14. The van der Waals surface area contributed by atoms with E-state index in [1.54, 1.807) is 0 Å². The summed E-state index contributed by atoms with van der Waals surface area (Å²) in [7, 11) is 4.24. The lowest BCUT2D eigenvalue weighted by molar-refractivity contribution is 0.209. The van der Waals surface area contributed by atoms with Crippen molar-refractivity contribution in [2.75, 3.05) is 20.1 Å². The van der Waals surface area contributed by atoms with Gasteiger partial charge in [-0.05, 0) is 20.0 Å². The summed E-state index contributed by atoms with van der Waals surface area (Å²) in [4.78, 5) is 6.78. The first-order chi connectivity index (χ1) is 8.19. The minimum Gasteiger partial charge on any atom is -0.337 e. The lowest BCUT2D eigenvalue weighted by Gasteiger charge is -2.27. The molecule has 98 valence electrons. The molecule has 0 aromatic carbocycles. The van der Waals surface area contributed by atoms with Crippen molar-refractivity contribution in [1.29, 1.82) is 0 Å². The minimum absolute atomic E-state index is 0.594. The predicted octanol–water partition coefficient (Wildman–Crippen LogP) is 1.63. The Morgan fingerprint density at radius 2 is 2.24 bits per heavy atom.